The molecule has 86 valence electrons. The number of carbonyl (C=O) groups is 1. The number of carbonyl (C=O) groups excluding carboxylic acids is 1. The van der Waals surface area contributed by atoms with Gasteiger partial charge in [-0.25, -0.2) is 0 Å². The minimum atomic E-state index is 0.0514. The Labute approximate surface area is 96.6 Å². The van der Waals surface area contributed by atoms with Crippen LogP contribution in [0.2, 0.25) is 0 Å². The molecule has 0 amide bonds. The van der Waals surface area contributed by atoms with Crippen molar-refractivity contribution in [1.29, 1.82) is 0 Å². The fourth-order valence-corrected chi connectivity index (χ4v) is 2.22. The molecule has 2 rings (SSSR count). The topological polar surface area (TPSA) is 26.3 Å². The lowest BCUT2D eigenvalue weighted by molar-refractivity contribution is 0.0877. The van der Waals surface area contributed by atoms with Crippen LogP contribution in [0.15, 0.2) is 18.2 Å². The zero-order valence-corrected chi connectivity index (χ0v) is 10.1. The van der Waals surface area contributed by atoms with Gasteiger partial charge in [0.2, 0.25) is 0 Å². The fourth-order valence-electron chi connectivity index (χ4n) is 2.22. The van der Waals surface area contributed by atoms with Crippen LogP contribution in [0, 0.1) is 19.8 Å². The summed E-state index contributed by atoms with van der Waals surface area (Å²) in [5.74, 6) is 0.293. The minimum absolute atomic E-state index is 0.0514. The number of hydrogen-bond donors (Lipinski definition) is 0. The summed E-state index contributed by atoms with van der Waals surface area (Å²) >= 11 is 0. The Morgan fingerprint density at radius 1 is 1.38 bits per heavy atom. The molecule has 0 N–H and O–H groups in total. The number of aryl methyl sites for hydroxylation is 2. The highest BCUT2D eigenvalue weighted by atomic mass is 16.5. The standard InChI is InChI=1S/C14H18O2/c1-9-4-5-10(2)13(6-9)14(15)12-7-11(3)16-8-12/h4-6,11-12H,7-8H2,1-3H3. The molecule has 1 aromatic carbocycles. The van der Waals surface area contributed by atoms with E-state index < -0.39 is 0 Å². The Bertz CT molecular complexity index is 409. The van der Waals surface area contributed by atoms with E-state index in [0.717, 1.165) is 23.1 Å². The summed E-state index contributed by atoms with van der Waals surface area (Å²) in [6.45, 7) is 6.61. The third-order valence-electron chi connectivity index (χ3n) is 3.23. The van der Waals surface area contributed by atoms with E-state index in [4.69, 9.17) is 4.74 Å². The van der Waals surface area contributed by atoms with E-state index in [2.05, 4.69) is 0 Å². The van der Waals surface area contributed by atoms with Gasteiger partial charge < -0.3 is 4.74 Å². The lowest BCUT2D eigenvalue weighted by atomic mass is 9.92. The Balaban J connectivity index is 2.23. The van der Waals surface area contributed by atoms with Gasteiger partial charge in [-0.2, -0.15) is 0 Å². The Morgan fingerprint density at radius 2 is 2.12 bits per heavy atom. The number of Topliss-reactive ketones (excluding diaryl/α,β-unsaturated/α-hetero) is 1. The molecule has 0 aromatic heterocycles. The van der Waals surface area contributed by atoms with E-state index in [1.165, 1.54) is 0 Å². The summed E-state index contributed by atoms with van der Waals surface area (Å²) in [5, 5.41) is 0. The molecule has 0 saturated carbocycles. The second-order valence-electron chi connectivity index (χ2n) is 4.76. The SMILES string of the molecule is Cc1ccc(C)c(C(=O)C2COC(C)C2)c1. The molecule has 0 spiro atoms. The van der Waals surface area contributed by atoms with Gasteiger partial charge in [0.1, 0.15) is 0 Å². The Morgan fingerprint density at radius 3 is 2.75 bits per heavy atom. The van der Waals surface area contributed by atoms with E-state index in [0.29, 0.717) is 6.61 Å². The first kappa shape index (κ1) is 11.3. The predicted octanol–water partition coefficient (Wildman–Crippen LogP) is 2.91. The molecular weight excluding hydrogens is 200 g/mol. The van der Waals surface area contributed by atoms with E-state index in [1.807, 2.05) is 39.0 Å². The van der Waals surface area contributed by atoms with Crippen molar-refractivity contribution >= 4 is 5.78 Å². The summed E-state index contributed by atoms with van der Waals surface area (Å²) < 4.78 is 5.46. The van der Waals surface area contributed by atoms with Crippen molar-refractivity contribution in [2.24, 2.45) is 5.92 Å². The Kier molecular flexibility index (Phi) is 3.10. The monoisotopic (exact) mass is 218 g/mol. The van der Waals surface area contributed by atoms with Crippen molar-refractivity contribution in [2.45, 2.75) is 33.3 Å². The molecule has 1 aliphatic heterocycles. The molecule has 2 atom stereocenters. The van der Waals surface area contributed by atoms with Crippen LogP contribution in [0.25, 0.3) is 0 Å². The molecule has 1 heterocycles. The minimum Gasteiger partial charge on any atom is -0.378 e. The normalized spacial score (nSPS) is 24.7. The van der Waals surface area contributed by atoms with Crippen molar-refractivity contribution < 1.29 is 9.53 Å². The van der Waals surface area contributed by atoms with Gasteiger partial charge >= 0.3 is 0 Å². The van der Waals surface area contributed by atoms with Gasteiger partial charge in [-0.1, -0.05) is 17.7 Å². The van der Waals surface area contributed by atoms with Crippen LogP contribution in [-0.4, -0.2) is 18.5 Å². The molecule has 2 nitrogen and oxygen atoms in total. The largest absolute Gasteiger partial charge is 0.378 e. The van der Waals surface area contributed by atoms with Crippen molar-refractivity contribution in [3.8, 4) is 0 Å². The molecule has 0 radical (unpaired) electrons. The van der Waals surface area contributed by atoms with Crippen LogP contribution in [0.3, 0.4) is 0 Å². The van der Waals surface area contributed by atoms with Gasteiger partial charge in [0, 0.05) is 11.5 Å². The number of rotatable bonds is 2. The van der Waals surface area contributed by atoms with Gasteiger partial charge in [0.05, 0.1) is 12.7 Å². The summed E-state index contributed by atoms with van der Waals surface area (Å²) in [6, 6.07) is 6.04. The van der Waals surface area contributed by atoms with Crippen molar-refractivity contribution in [3.63, 3.8) is 0 Å². The maximum Gasteiger partial charge on any atom is 0.168 e. The van der Waals surface area contributed by atoms with Crippen LogP contribution in [0.4, 0.5) is 0 Å². The van der Waals surface area contributed by atoms with E-state index in [9.17, 15) is 4.79 Å². The first-order valence-corrected chi connectivity index (χ1v) is 5.81. The average molecular weight is 218 g/mol. The summed E-state index contributed by atoms with van der Waals surface area (Å²) in [6.07, 6.45) is 1.07. The second-order valence-corrected chi connectivity index (χ2v) is 4.76. The van der Waals surface area contributed by atoms with E-state index in [-0.39, 0.29) is 17.8 Å². The van der Waals surface area contributed by atoms with Crippen LogP contribution < -0.4 is 0 Å². The maximum absolute atomic E-state index is 12.3. The van der Waals surface area contributed by atoms with Crippen LogP contribution >= 0.6 is 0 Å². The zero-order chi connectivity index (χ0) is 11.7. The van der Waals surface area contributed by atoms with Gasteiger partial charge in [0.15, 0.2) is 5.78 Å². The van der Waals surface area contributed by atoms with Gasteiger partial charge in [-0.05, 0) is 38.8 Å². The smallest absolute Gasteiger partial charge is 0.168 e. The quantitative estimate of drug-likeness (QED) is 0.713. The molecule has 1 saturated heterocycles. The van der Waals surface area contributed by atoms with Crippen molar-refractivity contribution in [3.05, 3.63) is 34.9 Å². The third-order valence-corrected chi connectivity index (χ3v) is 3.23. The van der Waals surface area contributed by atoms with Crippen molar-refractivity contribution in [2.75, 3.05) is 6.61 Å². The lowest BCUT2D eigenvalue weighted by Crippen LogP contribution is -2.16. The van der Waals surface area contributed by atoms with E-state index in [1.54, 1.807) is 0 Å². The highest BCUT2D eigenvalue weighted by Gasteiger charge is 2.29. The lowest BCUT2D eigenvalue weighted by Gasteiger charge is -2.10. The summed E-state index contributed by atoms with van der Waals surface area (Å²) in [7, 11) is 0. The molecule has 16 heavy (non-hydrogen) atoms. The highest BCUT2D eigenvalue weighted by Crippen LogP contribution is 2.24. The second kappa shape index (κ2) is 4.38. The van der Waals surface area contributed by atoms with Crippen molar-refractivity contribution in [1.82, 2.24) is 0 Å². The maximum atomic E-state index is 12.3. The molecule has 1 aliphatic rings. The molecule has 1 aromatic rings. The summed E-state index contributed by atoms with van der Waals surface area (Å²) in [4.78, 5) is 12.3. The van der Waals surface area contributed by atoms with Crippen LogP contribution in [0.5, 0.6) is 0 Å². The first-order chi connectivity index (χ1) is 7.58. The molecule has 2 unspecified atom stereocenters. The molecule has 1 fully saturated rings. The average Bonchev–Trinajstić information content (AvgIpc) is 2.67. The van der Waals surface area contributed by atoms with Gasteiger partial charge in [-0.15, -0.1) is 0 Å². The molecule has 2 heteroatoms. The number of ketones is 1. The molecule has 0 bridgehead atoms. The number of hydrogen-bond acceptors (Lipinski definition) is 2. The van der Waals surface area contributed by atoms with Gasteiger partial charge in [-0.3, -0.25) is 4.79 Å². The third kappa shape index (κ3) is 2.17. The predicted molar refractivity (Wildman–Crippen MR) is 63.8 cm³/mol. The van der Waals surface area contributed by atoms with E-state index >= 15 is 0 Å². The number of ether oxygens (including phenoxy) is 1. The number of benzene rings is 1. The van der Waals surface area contributed by atoms with Crippen LogP contribution in [0.1, 0.15) is 34.8 Å². The first-order valence-electron chi connectivity index (χ1n) is 5.81. The Hall–Kier alpha value is -1.15. The van der Waals surface area contributed by atoms with Gasteiger partial charge in [0.25, 0.3) is 0 Å². The highest BCUT2D eigenvalue weighted by molar-refractivity contribution is 5.99. The van der Waals surface area contributed by atoms with Crippen LogP contribution in [-0.2, 0) is 4.74 Å². The zero-order valence-electron chi connectivity index (χ0n) is 10.1. The summed E-state index contributed by atoms with van der Waals surface area (Å²) in [5.41, 5.74) is 3.07. The fraction of sp³-hybridized carbons (Fsp3) is 0.500. The molecular formula is C14H18O2. The molecule has 0 aliphatic carbocycles.